The normalized spacial score (nSPS) is 15.8. The monoisotopic (exact) mass is 1050 g/mol. The first-order chi connectivity index (χ1) is 35.7. The molecule has 2 saturated carbocycles. The van der Waals surface area contributed by atoms with Crippen LogP contribution in [0.25, 0.3) is 5.65 Å². The van der Waals surface area contributed by atoms with Crippen molar-refractivity contribution in [2.75, 3.05) is 6.61 Å². The number of imidazole rings is 3. The molecule has 2 fully saturated rings. The lowest BCUT2D eigenvalue weighted by Gasteiger charge is -2.33. The van der Waals surface area contributed by atoms with Crippen molar-refractivity contribution in [2.24, 2.45) is 13.0 Å². The van der Waals surface area contributed by atoms with E-state index in [-0.39, 0.29) is 32.5 Å². The topological polar surface area (TPSA) is 77.0 Å². The molecule has 2 aliphatic heterocycles. The second-order valence-electron chi connectivity index (χ2n) is 28.9. The molecule has 11 rings (SSSR count). The largest absolute Gasteiger partial charge is 0.372 e. The highest BCUT2D eigenvalue weighted by Gasteiger charge is 2.29. The van der Waals surface area contributed by atoms with Crippen LogP contribution < -0.4 is 0 Å². The SMILES string of the molecule is CC(C)(C)c1cnc2ccccn12.CC(C)(C)c1cnc2n1CCC2.CC(C)(C)c1cnc2n1CCOC2.Cc1ccn(C)c1C(C)(C)C.Cc1ccn(C2CCC2)c1C(C)(C)C.Cc1ccn(CC2CC2)c1C(C)(C)C. The molecule has 2 aliphatic carbocycles. The summed E-state index contributed by atoms with van der Waals surface area (Å²) in [6.07, 6.45) is 24.1. The van der Waals surface area contributed by atoms with Crippen LogP contribution in [0.5, 0.6) is 0 Å². The highest BCUT2D eigenvalue weighted by Crippen LogP contribution is 2.38. The van der Waals surface area contributed by atoms with Crippen LogP contribution in [0.2, 0.25) is 0 Å². The third-order valence-electron chi connectivity index (χ3n) is 15.4. The Morgan fingerprint density at radius 2 is 1.03 bits per heavy atom. The van der Waals surface area contributed by atoms with Crippen molar-refractivity contribution in [1.29, 1.82) is 0 Å². The van der Waals surface area contributed by atoms with Gasteiger partial charge in [0, 0.05) is 149 Å². The summed E-state index contributed by atoms with van der Waals surface area (Å²) in [5.74, 6) is 3.30. The second kappa shape index (κ2) is 24.1. The fraction of sp³-hybridized carbons (Fsp3) is 0.627. The number of rotatable bonds is 3. The molecule has 0 unspecified atom stereocenters. The Labute approximate surface area is 467 Å². The van der Waals surface area contributed by atoms with E-state index in [1.807, 2.05) is 36.8 Å². The molecule has 10 heteroatoms. The van der Waals surface area contributed by atoms with Gasteiger partial charge in [-0.1, -0.05) is 131 Å². The molecule has 0 amide bonds. The number of ether oxygens (including phenoxy) is 1. The molecule has 0 aromatic carbocycles. The van der Waals surface area contributed by atoms with E-state index < -0.39 is 0 Å². The molecule has 0 bridgehead atoms. The molecule has 4 aliphatic rings. The highest BCUT2D eigenvalue weighted by molar-refractivity contribution is 5.41. The lowest BCUT2D eigenvalue weighted by molar-refractivity contribution is 0.0797. The Kier molecular flexibility index (Phi) is 19.1. The van der Waals surface area contributed by atoms with E-state index in [1.54, 1.807) is 0 Å². The van der Waals surface area contributed by atoms with E-state index in [1.165, 1.54) is 108 Å². The smallest absolute Gasteiger partial charge is 0.136 e. The first kappa shape index (κ1) is 61.1. The Balaban J connectivity index is 0.000000150. The Hall–Kier alpha value is -5.09. The predicted molar refractivity (Wildman–Crippen MR) is 324 cm³/mol. The first-order valence-electron chi connectivity index (χ1n) is 29.2. The van der Waals surface area contributed by atoms with Crippen LogP contribution >= 0.6 is 0 Å². The zero-order valence-electron chi connectivity index (χ0n) is 52.6. The molecule has 0 radical (unpaired) electrons. The van der Waals surface area contributed by atoms with Crippen LogP contribution in [0.15, 0.2) is 79.8 Å². The molecular weight excluding hydrogens is 947 g/mol. The quantitative estimate of drug-likeness (QED) is 0.177. The third-order valence-corrected chi connectivity index (χ3v) is 15.4. The van der Waals surface area contributed by atoms with Crippen molar-refractivity contribution in [1.82, 2.24) is 42.2 Å². The van der Waals surface area contributed by atoms with Gasteiger partial charge in [-0.2, -0.15) is 0 Å². The average molecular weight is 1050 g/mol. The molecule has 0 atom stereocenters. The van der Waals surface area contributed by atoms with Crippen molar-refractivity contribution >= 4 is 5.65 Å². The third kappa shape index (κ3) is 15.8. The van der Waals surface area contributed by atoms with Gasteiger partial charge in [-0.25, -0.2) is 15.0 Å². The van der Waals surface area contributed by atoms with E-state index in [0.29, 0.717) is 6.61 Å². The Morgan fingerprint density at radius 3 is 1.53 bits per heavy atom. The Bertz CT molecular complexity index is 2940. The summed E-state index contributed by atoms with van der Waals surface area (Å²) in [5, 5.41) is 0. The van der Waals surface area contributed by atoms with Crippen LogP contribution in [-0.2, 0) is 76.9 Å². The van der Waals surface area contributed by atoms with Crippen LogP contribution in [0.3, 0.4) is 0 Å². The first-order valence-corrected chi connectivity index (χ1v) is 29.2. The molecule has 0 saturated heterocycles. The van der Waals surface area contributed by atoms with Gasteiger partial charge in [0.05, 0.1) is 6.61 Å². The summed E-state index contributed by atoms with van der Waals surface area (Å²) >= 11 is 0. The highest BCUT2D eigenvalue weighted by atomic mass is 16.5. The molecular formula is C67H105N9O. The molecule has 9 heterocycles. The lowest BCUT2D eigenvalue weighted by Crippen LogP contribution is -2.25. The molecule has 77 heavy (non-hydrogen) atoms. The molecule has 0 spiro atoms. The maximum absolute atomic E-state index is 5.34. The summed E-state index contributed by atoms with van der Waals surface area (Å²) in [7, 11) is 2.10. The van der Waals surface area contributed by atoms with Gasteiger partial charge < -0.3 is 32.0 Å². The van der Waals surface area contributed by atoms with Gasteiger partial charge >= 0.3 is 0 Å². The minimum Gasteiger partial charge on any atom is -0.372 e. The van der Waals surface area contributed by atoms with Crippen LogP contribution in [0.1, 0.15) is 232 Å². The van der Waals surface area contributed by atoms with Crippen LogP contribution in [-0.4, -0.2) is 48.8 Å². The van der Waals surface area contributed by atoms with Gasteiger partial charge in [-0.15, -0.1) is 0 Å². The zero-order valence-corrected chi connectivity index (χ0v) is 52.6. The number of hydrogen-bond donors (Lipinski definition) is 0. The van der Waals surface area contributed by atoms with Gasteiger partial charge in [0.25, 0.3) is 0 Å². The summed E-state index contributed by atoms with van der Waals surface area (Å²) in [6, 6.07) is 13.5. The maximum atomic E-state index is 5.34. The molecule has 10 nitrogen and oxygen atoms in total. The summed E-state index contributed by atoms with van der Waals surface area (Å²) in [6.45, 7) is 52.0. The molecule has 0 N–H and O–H groups in total. The lowest BCUT2D eigenvalue weighted by atomic mass is 9.87. The van der Waals surface area contributed by atoms with Crippen LogP contribution in [0.4, 0.5) is 0 Å². The minimum atomic E-state index is 0.154. The Morgan fingerprint density at radius 1 is 0.506 bits per heavy atom. The van der Waals surface area contributed by atoms with Gasteiger partial charge in [-0.3, -0.25) is 0 Å². The molecule has 7 aromatic heterocycles. The van der Waals surface area contributed by atoms with Crippen molar-refractivity contribution in [3.63, 3.8) is 0 Å². The second-order valence-corrected chi connectivity index (χ2v) is 28.9. The number of aromatic nitrogens is 9. The van der Waals surface area contributed by atoms with Gasteiger partial charge in [0.1, 0.15) is 23.9 Å². The number of pyridine rings is 1. The van der Waals surface area contributed by atoms with Gasteiger partial charge in [0.2, 0.25) is 0 Å². The summed E-state index contributed by atoms with van der Waals surface area (Å²) in [5.41, 5.74) is 15.1. The number of hydrogen-bond acceptors (Lipinski definition) is 4. The molecule has 424 valence electrons. The number of aryl methyl sites for hydroxylation is 5. The van der Waals surface area contributed by atoms with E-state index in [2.05, 4.69) is 238 Å². The van der Waals surface area contributed by atoms with Crippen molar-refractivity contribution in [3.8, 4) is 0 Å². The fourth-order valence-electron chi connectivity index (χ4n) is 11.6. The van der Waals surface area contributed by atoms with E-state index in [4.69, 9.17) is 4.74 Å². The van der Waals surface area contributed by atoms with E-state index >= 15 is 0 Å². The minimum absolute atomic E-state index is 0.154. The van der Waals surface area contributed by atoms with Crippen LogP contribution in [0, 0.1) is 26.7 Å². The standard InChI is InChI=1S/2C13H21N.C11H14N2.C10H16N2O.C10H16N2.C10H17N/c1-10-7-8-14(9-11-5-6-11)12(10)13(2,3)4;1-10-8-9-14(11-6-5-7-11)12(10)13(2,3)4;1-11(2,3)9-8-12-10-6-4-5-7-13(9)10;1-10(2,3)8-6-11-9-7-13-5-4-12(8)9;1-10(2,3)8-7-11-9-5-4-6-12(8)9;1-8-6-7-11(5)9(8)10(2,3)4/h7-8,11H,5-6,9H2,1-4H3;8-9,11H,5-7H2,1-4H3;4-8H,1-3H3;6H,4-5,7H2,1-3H3;7H,4-6H2,1-3H3;6-7H,1-5H3. The molecule has 7 aromatic rings. The van der Waals surface area contributed by atoms with Crippen molar-refractivity contribution in [3.05, 3.63) is 142 Å². The van der Waals surface area contributed by atoms with Crippen molar-refractivity contribution in [2.45, 2.75) is 255 Å². The summed E-state index contributed by atoms with van der Waals surface area (Å²) in [4.78, 5) is 13.1. The maximum Gasteiger partial charge on any atom is 0.136 e. The average Bonchev–Trinajstić information content (AvgIpc) is 4.00. The van der Waals surface area contributed by atoms with Crippen molar-refractivity contribution < 1.29 is 4.74 Å². The van der Waals surface area contributed by atoms with Gasteiger partial charge in [-0.05, 0) is 112 Å². The number of nitrogens with zero attached hydrogens (tertiary/aromatic N) is 9. The van der Waals surface area contributed by atoms with E-state index in [0.717, 1.165) is 43.0 Å². The van der Waals surface area contributed by atoms with Gasteiger partial charge in [0.15, 0.2) is 0 Å². The predicted octanol–water partition coefficient (Wildman–Crippen LogP) is 16.4. The zero-order chi connectivity index (χ0) is 57.1. The fourth-order valence-corrected chi connectivity index (χ4v) is 11.6. The number of fused-ring (bicyclic) bond motifs is 3. The van der Waals surface area contributed by atoms with E-state index in [9.17, 15) is 0 Å². The summed E-state index contributed by atoms with van der Waals surface area (Å²) < 4.78 is 19.3.